The van der Waals surface area contributed by atoms with Crippen molar-refractivity contribution in [2.75, 3.05) is 7.11 Å². The second kappa shape index (κ2) is 12.6. The van der Waals surface area contributed by atoms with Gasteiger partial charge in [0.1, 0.15) is 6.33 Å². The lowest BCUT2D eigenvalue weighted by atomic mass is 9.85. The number of hydrogen-bond donors (Lipinski definition) is 0. The maximum Gasteiger partial charge on any atom is 0.116 e. The molecule has 1 aromatic heterocycles. The van der Waals surface area contributed by atoms with Crippen molar-refractivity contribution < 1.29 is 9.47 Å². The van der Waals surface area contributed by atoms with E-state index in [1.54, 1.807) is 6.33 Å². The average molecular weight is 489 g/mol. The minimum Gasteiger partial charge on any atom is -0.381 e. The highest BCUT2D eigenvalue weighted by Crippen LogP contribution is 2.36. The van der Waals surface area contributed by atoms with Crippen LogP contribution in [0.15, 0.2) is 54.9 Å². The van der Waals surface area contributed by atoms with E-state index in [0.29, 0.717) is 11.8 Å². The highest BCUT2D eigenvalue weighted by Gasteiger charge is 2.28. The van der Waals surface area contributed by atoms with Crippen LogP contribution < -0.4 is 0 Å². The third-order valence-corrected chi connectivity index (χ3v) is 7.35. The van der Waals surface area contributed by atoms with Crippen LogP contribution in [-0.4, -0.2) is 35.4 Å². The third-order valence-electron chi connectivity index (χ3n) is 7.35. The van der Waals surface area contributed by atoms with Crippen molar-refractivity contribution in [1.29, 1.82) is 0 Å². The molecular formula is C32H44N2O2. The lowest BCUT2D eigenvalue weighted by molar-refractivity contribution is -0.0714. The van der Waals surface area contributed by atoms with E-state index in [1.165, 1.54) is 16.7 Å². The predicted molar refractivity (Wildman–Crippen MR) is 150 cm³/mol. The van der Waals surface area contributed by atoms with Crippen molar-refractivity contribution in [3.63, 3.8) is 0 Å². The Morgan fingerprint density at radius 1 is 0.778 bits per heavy atom. The molecule has 0 aliphatic rings. The van der Waals surface area contributed by atoms with Crippen molar-refractivity contribution in [3.05, 3.63) is 71.5 Å². The molecule has 4 atom stereocenters. The molecule has 0 saturated heterocycles. The number of hydrogen-bond acceptors (Lipinski definition) is 4. The average Bonchev–Trinajstić information content (AvgIpc) is 2.85. The van der Waals surface area contributed by atoms with Gasteiger partial charge in [-0.05, 0) is 55.9 Å². The smallest absolute Gasteiger partial charge is 0.116 e. The molecule has 36 heavy (non-hydrogen) atoms. The first-order valence-electron chi connectivity index (χ1n) is 13.3. The van der Waals surface area contributed by atoms with Crippen LogP contribution in [0.2, 0.25) is 0 Å². The molecule has 0 aliphatic carbocycles. The molecule has 4 nitrogen and oxygen atoms in total. The highest BCUT2D eigenvalue weighted by molar-refractivity contribution is 5.71. The summed E-state index contributed by atoms with van der Waals surface area (Å²) in [5.74, 6) is 1.05. The Kier molecular flexibility index (Phi) is 9.81. The highest BCUT2D eigenvalue weighted by atomic mass is 16.5. The molecule has 3 rings (SSSR count). The largest absolute Gasteiger partial charge is 0.381 e. The predicted octanol–water partition coefficient (Wildman–Crippen LogP) is 8.02. The van der Waals surface area contributed by atoms with E-state index >= 15 is 0 Å². The molecule has 2 aromatic carbocycles. The molecule has 0 fully saturated rings. The minimum atomic E-state index is 0.0395. The summed E-state index contributed by atoms with van der Waals surface area (Å²) in [5.41, 5.74) is 7.92. The lowest BCUT2D eigenvalue weighted by Crippen LogP contribution is -2.34. The number of nitrogens with zero attached hydrogens (tertiary/aromatic N) is 2. The lowest BCUT2D eigenvalue weighted by Gasteiger charge is -2.33. The van der Waals surface area contributed by atoms with E-state index in [9.17, 15) is 0 Å². The van der Waals surface area contributed by atoms with Gasteiger partial charge in [0.2, 0.25) is 0 Å². The molecule has 194 valence electrons. The molecule has 4 unspecified atom stereocenters. The van der Waals surface area contributed by atoms with Crippen LogP contribution in [0.1, 0.15) is 70.6 Å². The Hall–Kier alpha value is -2.56. The van der Waals surface area contributed by atoms with Crippen molar-refractivity contribution in [2.45, 2.75) is 86.0 Å². The van der Waals surface area contributed by atoms with Gasteiger partial charge in [-0.3, -0.25) is 0 Å². The molecule has 1 heterocycles. The van der Waals surface area contributed by atoms with Gasteiger partial charge in [0, 0.05) is 30.6 Å². The standard InChI is InChI=1S/C32H44N2O2/c1-20(2)30(35-9)18-31(21(3)4)36-25(8)24(7)32-23(6)15-22(5)16-27(32)29-17-28(33-19-34-29)26-13-11-10-12-14-26/h10-17,19-21,24-25,30-31H,18H2,1-9H3. The van der Waals surface area contributed by atoms with Gasteiger partial charge < -0.3 is 9.47 Å². The fourth-order valence-electron chi connectivity index (χ4n) is 5.05. The fourth-order valence-corrected chi connectivity index (χ4v) is 5.05. The van der Waals surface area contributed by atoms with E-state index in [1.807, 2.05) is 25.3 Å². The van der Waals surface area contributed by atoms with Crippen LogP contribution in [0.5, 0.6) is 0 Å². The van der Waals surface area contributed by atoms with Gasteiger partial charge in [0.25, 0.3) is 0 Å². The van der Waals surface area contributed by atoms with E-state index in [-0.39, 0.29) is 24.2 Å². The molecule has 0 aliphatic heterocycles. The van der Waals surface area contributed by atoms with Gasteiger partial charge >= 0.3 is 0 Å². The summed E-state index contributed by atoms with van der Waals surface area (Å²) in [6.07, 6.45) is 2.93. The first-order valence-corrected chi connectivity index (χ1v) is 13.3. The molecule has 0 amide bonds. The summed E-state index contributed by atoms with van der Waals surface area (Å²) in [7, 11) is 1.81. The first kappa shape index (κ1) is 28.0. The van der Waals surface area contributed by atoms with Crippen LogP contribution in [0.4, 0.5) is 0 Å². The van der Waals surface area contributed by atoms with Gasteiger partial charge in [0.15, 0.2) is 0 Å². The number of benzene rings is 2. The minimum absolute atomic E-state index is 0.0395. The molecule has 0 radical (unpaired) electrons. The maximum atomic E-state index is 6.77. The zero-order chi connectivity index (χ0) is 26.4. The second-order valence-electron chi connectivity index (χ2n) is 10.9. The molecule has 4 heteroatoms. The first-order chi connectivity index (χ1) is 17.1. The third kappa shape index (κ3) is 6.80. The monoisotopic (exact) mass is 488 g/mol. The zero-order valence-electron chi connectivity index (χ0n) is 23.6. The Balaban J connectivity index is 1.95. The van der Waals surface area contributed by atoms with Gasteiger partial charge in [-0.1, -0.05) is 76.6 Å². The van der Waals surface area contributed by atoms with Crippen LogP contribution in [0, 0.1) is 25.7 Å². The van der Waals surface area contributed by atoms with Crippen molar-refractivity contribution in [1.82, 2.24) is 9.97 Å². The normalized spacial score (nSPS) is 15.2. The topological polar surface area (TPSA) is 44.2 Å². The van der Waals surface area contributed by atoms with Gasteiger partial charge in [0.05, 0.1) is 29.7 Å². The quantitative estimate of drug-likeness (QED) is 0.274. The number of ether oxygens (including phenoxy) is 2. The van der Waals surface area contributed by atoms with Crippen molar-refractivity contribution in [2.24, 2.45) is 11.8 Å². The molecule has 0 saturated carbocycles. The Morgan fingerprint density at radius 3 is 2.03 bits per heavy atom. The molecule has 0 spiro atoms. The van der Waals surface area contributed by atoms with Gasteiger partial charge in [-0.15, -0.1) is 0 Å². The Labute approximate surface area is 218 Å². The summed E-state index contributed by atoms with van der Waals surface area (Å²) >= 11 is 0. The van der Waals surface area contributed by atoms with Crippen LogP contribution in [0.25, 0.3) is 22.5 Å². The SMILES string of the molecule is COC(CC(OC(C)C(C)c1c(C)cc(C)cc1-c1cc(-c2ccccc2)ncn1)C(C)C)C(C)C. The maximum absolute atomic E-state index is 6.77. The Morgan fingerprint density at radius 2 is 1.42 bits per heavy atom. The van der Waals surface area contributed by atoms with Gasteiger partial charge in [-0.2, -0.15) is 0 Å². The van der Waals surface area contributed by atoms with Crippen LogP contribution in [0.3, 0.4) is 0 Å². The summed E-state index contributed by atoms with van der Waals surface area (Å²) in [5, 5.41) is 0. The molecule has 0 N–H and O–H groups in total. The zero-order valence-corrected chi connectivity index (χ0v) is 23.6. The van der Waals surface area contributed by atoms with Crippen molar-refractivity contribution >= 4 is 0 Å². The van der Waals surface area contributed by atoms with E-state index in [2.05, 4.69) is 90.7 Å². The van der Waals surface area contributed by atoms with E-state index < -0.39 is 0 Å². The van der Waals surface area contributed by atoms with Crippen LogP contribution in [-0.2, 0) is 9.47 Å². The number of aryl methyl sites for hydroxylation is 2. The summed E-state index contributed by atoms with van der Waals surface area (Å²) in [6.45, 7) is 17.7. The second-order valence-corrected chi connectivity index (χ2v) is 10.9. The van der Waals surface area contributed by atoms with E-state index in [4.69, 9.17) is 14.5 Å². The summed E-state index contributed by atoms with van der Waals surface area (Å²) < 4.78 is 12.5. The van der Waals surface area contributed by atoms with E-state index in [0.717, 1.165) is 28.9 Å². The van der Waals surface area contributed by atoms with Gasteiger partial charge in [-0.25, -0.2) is 9.97 Å². The van der Waals surface area contributed by atoms with Crippen LogP contribution >= 0.6 is 0 Å². The number of rotatable bonds is 11. The Bertz CT molecular complexity index is 1110. The summed E-state index contributed by atoms with van der Waals surface area (Å²) in [4.78, 5) is 9.26. The molecule has 3 aromatic rings. The number of aromatic nitrogens is 2. The number of methoxy groups -OCH3 is 1. The van der Waals surface area contributed by atoms with Crippen molar-refractivity contribution in [3.8, 4) is 22.5 Å². The molecular weight excluding hydrogens is 444 g/mol. The fraction of sp³-hybridized carbons (Fsp3) is 0.500. The molecule has 0 bridgehead atoms. The summed E-state index contributed by atoms with van der Waals surface area (Å²) in [6, 6.07) is 16.9.